The van der Waals surface area contributed by atoms with Gasteiger partial charge in [0.1, 0.15) is 11.6 Å². The van der Waals surface area contributed by atoms with E-state index in [4.69, 9.17) is 0 Å². The van der Waals surface area contributed by atoms with Crippen molar-refractivity contribution in [3.8, 4) is 0 Å². The molecule has 1 aliphatic rings. The minimum absolute atomic E-state index is 0.0595. The molecule has 4 nitrogen and oxygen atoms in total. The lowest BCUT2D eigenvalue weighted by molar-refractivity contribution is -0.140. The van der Waals surface area contributed by atoms with Gasteiger partial charge in [-0.3, -0.25) is 14.4 Å². The maximum absolute atomic E-state index is 12.4. The zero-order valence-electron chi connectivity index (χ0n) is 18.2. The maximum atomic E-state index is 12.4. The Hall–Kier alpha value is -1.45. The first-order valence-electron chi connectivity index (χ1n) is 11.3. The Morgan fingerprint density at radius 2 is 1.79 bits per heavy atom. The number of rotatable bonds is 15. The maximum Gasteiger partial charge on any atom is 0.305 e. The van der Waals surface area contributed by atoms with Gasteiger partial charge >= 0.3 is 5.97 Å². The van der Waals surface area contributed by atoms with Crippen LogP contribution in [0.1, 0.15) is 97.3 Å². The van der Waals surface area contributed by atoms with Crippen LogP contribution in [-0.4, -0.2) is 24.6 Å². The smallest absolute Gasteiger partial charge is 0.305 e. The number of Topliss-reactive ketones (excluding diaryl/α,β-unsaturated/α-hetero) is 2. The van der Waals surface area contributed by atoms with E-state index >= 15 is 0 Å². The van der Waals surface area contributed by atoms with Crippen molar-refractivity contribution in [2.24, 2.45) is 17.8 Å². The topological polar surface area (TPSA) is 60.4 Å². The van der Waals surface area contributed by atoms with E-state index in [1.54, 1.807) is 0 Å². The summed E-state index contributed by atoms with van der Waals surface area (Å²) in [5, 5.41) is 0. The minimum Gasteiger partial charge on any atom is -0.469 e. The molecule has 0 aromatic heterocycles. The first-order chi connectivity index (χ1) is 13.5. The number of esters is 1. The highest BCUT2D eigenvalue weighted by Gasteiger charge is 2.38. The second-order valence-electron chi connectivity index (χ2n) is 8.34. The molecule has 28 heavy (non-hydrogen) atoms. The summed E-state index contributed by atoms with van der Waals surface area (Å²) in [4.78, 5) is 35.7. The zero-order chi connectivity index (χ0) is 20.8. The molecule has 0 N–H and O–H groups in total. The van der Waals surface area contributed by atoms with Gasteiger partial charge in [-0.25, -0.2) is 0 Å². The number of hydrogen-bond donors (Lipinski definition) is 0. The van der Waals surface area contributed by atoms with Crippen LogP contribution in [0.3, 0.4) is 0 Å². The summed E-state index contributed by atoms with van der Waals surface area (Å²) in [6.45, 7) is 4.35. The normalized spacial score (nSPS) is 22.1. The summed E-state index contributed by atoms with van der Waals surface area (Å²) in [6.07, 6.45) is 15.6. The molecule has 1 saturated carbocycles. The number of allylic oxidation sites excluding steroid dienone is 2. The van der Waals surface area contributed by atoms with Crippen molar-refractivity contribution in [3.05, 3.63) is 12.2 Å². The van der Waals surface area contributed by atoms with E-state index in [1.165, 1.54) is 26.4 Å². The molecule has 1 rings (SSSR count). The molecule has 160 valence electrons. The molecule has 0 aromatic carbocycles. The third kappa shape index (κ3) is 9.66. The third-order valence-electron chi connectivity index (χ3n) is 6.04. The number of ketones is 2. The van der Waals surface area contributed by atoms with E-state index in [1.807, 2.05) is 0 Å². The van der Waals surface area contributed by atoms with Crippen LogP contribution in [0.2, 0.25) is 0 Å². The fraction of sp³-hybridized carbons (Fsp3) is 0.792. The molecule has 0 bridgehead atoms. The van der Waals surface area contributed by atoms with Gasteiger partial charge in [0, 0.05) is 31.6 Å². The molecule has 0 amide bonds. The standard InChI is InChI=1S/C24H40O4/c1-4-5-6-7-10-13-20(25)16-17-21-19(2)18-23(26)22(21)14-11-8-9-12-15-24(27)28-3/h8,11,19,21-22H,4-7,9-10,12-18H2,1-3H3/b11-8-/t19?,21-,22?/m0/s1. The number of hydrogen-bond acceptors (Lipinski definition) is 4. The van der Waals surface area contributed by atoms with E-state index in [0.717, 1.165) is 38.5 Å². The highest BCUT2D eigenvalue weighted by molar-refractivity contribution is 5.84. The van der Waals surface area contributed by atoms with Gasteiger partial charge in [0.25, 0.3) is 0 Å². The van der Waals surface area contributed by atoms with Gasteiger partial charge in [-0.15, -0.1) is 0 Å². The largest absolute Gasteiger partial charge is 0.469 e. The zero-order valence-corrected chi connectivity index (χ0v) is 18.2. The van der Waals surface area contributed by atoms with Crippen molar-refractivity contribution in [2.45, 2.75) is 97.3 Å². The molecule has 0 spiro atoms. The predicted octanol–water partition coefficient (Wildman–Crippen LogP) is 5.83. The van der Waals surface area contributed by atoms with E-state index in [2.05, 4.69) is 30.7 Å². The van der Waals surface area contributed by atoms with Crippen molar-refractivity contribution >= 4 is 17.5 Å². The first kappa shape index (κ1) is 24.6. The predicted molar refractivity (Wildman–Crippen MR) is 113 cm³/mol. The number of carbonyl (C=O) groups excluding carboxylic acids is 3. The highest BCUT2D eigenvalue weighted by Crippen LogP contribution is 2.39. The molecular formula is C24H40O4. The van der Waals surface area contributed by atoms with Crippen LogP contribution >= 0.6 is 0 Å². The number of unbranched alkanes of at least 4 members (excludes halogenated alkanes) is 5. The SMILES string of the molecule is CCCCCCCC(=O)CC[C@H]1C(C)CC(=O)C1C/C=C\CCCC(=O)OC. The molecule has 4 heteroatoms. The fourth-order valence-electron chi connectivity index (χ4n) is 4.25. The average molecular weight is 393 g/mol. The lowest BCUT2D eigenvalue weighted by atomic mass is 9.83. The lowest BCUT2D eigenvalue weighted by Crippen LogP contribution is -2.17. The molecule has 0 heterocycles. The first-order valence-corrected chi connectivity index (χ1v) is 11.3. The molecule has 0 saturated heterocycles. The van der Waals surface area contributed by atoms with Crippen LogP contribution in [0.5, 0.6) is 0 Å². The van der Waals surface area contributed by atoms with Crippen molar-refractivity contribution in [1.82, 2.24) is 0 Å². The van der Waals surface area contributed by atoms with Crippen LogP contribution in [0, 0.1) is 17.8 Å². The van der Waals surface area contributed by atoms with Crippen LogP contribution in [0.25, 0.3) is 0 Å². The number of ether oxygens (including phenoxy) is 1. The van der Waals surface area contributed by atoms with Crippen LogP contribution < -0.4 is 0 Å². The van der Waals surface area contributed by atoms with E-state index in [9.17, 15) is 14.4 Å². The summed E-state index contributed by atoms with van der Waals surface area (Å²) in [5.41, 5.74) is 0. The monoisotopic (exact) mass is 392 g/mol. The molecule has 1 fully saturated rings. The lowest BCUT2D eigenvalue weighted by Gasteiger charge is -2.20. The summed E-state index contributed by atoms with van der Waals surface area (Å²) < 4.78 is 4.63. The summed E-state index contributed by atoms with van der Waals surface area (Å²) in [5.74, 6) is 1.30. The summed E-state index contributed by atoms with van der Waals surface area (Å²) >= 11 is 0. The summed E-state index contributed by atoms with van der Waals surface area (Å²) in [6, 6.07) is 0. The minimum atomic E-state index is -0.178. The fourth-order valence-corrected chi connectivity index (χ4v) is 4.25. The molecule has 1 aliphatic carbocycles. The Bertz CT molecular complexity index is 509. The number of methoxy groups -OCH3 is 1. The van der Waals surface area contributed by atoms with E-state index in [-0.39, 0.29) is 11.9 Å². The Balaban J connectivity index is 2.33. The van der Waals surface area contributed by atoms with Gasteiger partial charge in [-0.2, -0.15) is 0 Å². The molecule has 3 atom stereocenters. The van der Waals surface area contributed by atoms with Gasteiger partial charge in [0.2, 0.25) is 0 Å². The Kier molecular flexibility index (Phi) is 12.8. The van der Waals surface area contributed by atoms with Crippen LogP contribution in [0.15, 0.2) is 12.2 Å². The molecule has 0 aromatic rings. The summed E-state index contributed by atoms with van der Waals surface area (Å²) in [7, 11) is 1.41. The van der Waals surface area contributed by atoms with Gasteiger partial charge in [-0.05, 0) is 43.9 Å². The van der Waals surface area contributed by atoms with E-state index in [0.29, 0.717) is 49.1 Å². The average Bonchev–Trinajstić information content (AvgIpc) is 2.94. The van der Waals surface area contributed by atoms with Crippen LogP contribution in [-0.2, 0) is 19.1 Å². The second-order valence-corrected chi connectivity index (χ2v) is 8.34. The third-order valence-corrected chi connectivity index (χ3v) is 6.04. The number of carbonyl (C=O) groups is 3. The van der Waals surface area contributed by atoms with Gasteiger partial charge in [0.15, 0.2) is 0 Å². The van der Waals surface area contributed by atoms with Crippen molar-refractivity contribution in [1.29, 1.82) is 0 Å². The Morgan fingerprint density at radius 1 is 1.04 bits per heavy atom. The van der Waals surface area contributed by atoms with Gasteiger partial charge < -0.3 is 4.74 Å². The molecular weight excluding hydrogens is 352 g/mol. The van der Waals surface area contributed by atoms with Gasteiger partial charge in [-0.1, -0.05) is 51.7 Å². The van der Waals surface area contributed by atoms with E-state index < -0.39 is 0 Å². The second kappa shape index (κ2) is 14.5. The molecule has 0 aliphatic heterocycles. The van der Waals surface area contributed by atoms with Gasteiger partial charge in [0.05, 0.1) is 7.11 Å². The molecule has 0 radical (unpaired) electrons. The highest BCUT2D eigenvalue weighted by atomic mass is 16.5. The van der Waals surface area contributed by atoms with Crippen LogP contribution in [0.4, 0.5) is 0 Å². The van der Waals surface area contributed by atoms with Crippen molar-refractivity contribution < 1.29 is 19.1 Å². The Labute approximate surface area is 171 Å². The van der Waals surface area contributed by atoms with Crippen molar-refractivity contribution in [3.63, 3.8) is 0 Å². The molecule has 2 unspecified atom stereocenters. The Morgan fingerprint density at radius 3 is 2.50 bits per heavy atom. The quantitative estimate of drug-likeness (QED) is 0.200. The van der Waals surface area contributed by atoms with Crippen molar-refractivity contribution in [2.75, 3.05) is 7.11 Å².